The molecule has 0 aliphatic heterocycles. The smallest absolute Gasteiger partial charge is 0.197 e. The molecule has 0 N–H and O–H groups in total. The quantitative estimate of drug-likeness (QED) is 0.491. The van der Waals surface area contributed by atoms with Gasteiger partial charge in [0.25, 0.3) is 0 Å². The van der Waals surface area contributed by atoms with Gasteiger partial charge in [0, 0.05) is 0 Å². The lowest BCUT2D eigenvalue weighted by atomic mass is 10.2. The minimum atomic E-state index is -1.56. The second-order valence-electron chi connectivity index (χ2n) is 2.19. The zero-order valence-corrected chi connectivity index (χ0v) is 8.23. The van der Waals surface area contributed by atoms with E-state index in [-0.39, 0.29) is 10.0 Å². The summed E-state index contributed by atoms with van der Waals surface area (Å²) in [7, 11) is 0. The Kier molecular flexibility index (Phi) is 2.68. The maximum atomic E-state index is 12.7. The van der Waals surface area contributed by atoms with Crippen LogP contribution in [-0.4, -0.2) is 0 Å². The van der Waals surface area contributed by atoms with E-state index in [1.165, 1.54) is 6.92 Å². The van der Waals surface area contributed by atoms with Crippen LogP contribution in [0.25, 0.3) is 0 Å². The van der Waals surface area contributed by atoms with Crippen LogP contribution in [0, 0.1) is 24.4 Å². The zero-order chi connectivity index (χ0) is 9.46. The standard InChI is InChI=1S/C7H3BrClF3/c1-2-3(8)5(10)7(12)6(11)4(2)9/h1H3. The van der Waals surface area contributed by atoms with E-state index in [1.54, 1.807) is 0 Å². The summed E-state index contributed by atoms with van der Waals surface area (Å²) in [5.74, 6) is -4.17. The molecule has 0 bridgehead atoms. The zero-order valence-electron chi connectivity index (χ0n) is 5.89. The number of hydrogen-bond acceptors (Lipinski definition) is 0. The largest absolute Gasteiger partial charge is 0.202 e. The summed E-state index contributed by atoms with van der Waals surface area (Å²) in [5, 5.41) is -0.402. The summed E-state index contributed by atoms with van der Waals surface area (Å²) in [4.78, 5) is 0. The maximum Gasteiger partial charge on any atom is 0.197 e. The van der Waals surface area contributed by atoms with Crippen LogP contribution in [0.5, 0.6) is 0 Å². The van der Waals surface area contributed by atoms with Crippen molar-refractivity contribution >= 4 is 27.5 Å². The van der Waals surface area contributed by atoms with E-state index >= 15 is 0 Å². The van der Waals surface area contributed by atoms with Gasteiger partial charge in [0.15, 0.2) is 17.5 Å². The number of hydrogen-bond donors (Lipinski definition) is 0. The minimum absolute atomic E-state index is 0.146. The van der Waals surface area contributed by atoms with Crippen molar-refractivity contribution < 1.29 is 13.2 Å². The van der Waals surface area contributed by atoms with Crippen molar-refractivity contribution in [3.8, 4) is 0 Å². The molecular weight excluding hydrogens is 256 g/mol. The number of halogens is 5. The highest BCUT2D eigenvalue weighted by Crippen LogP contribution is 2.31. The number of benzene rings is 1. The van der Waals surface area contributed by atoms with E-state index in [1.807, 2.05) is 0 Å². The third-order valence-electron chi connectivity index (χ3n) is 1.43. The van der Waals surface area contributed by atoms with Crippen LogP contribution in [0.4, 0.5) is 13.2 Å². The van der Waals surface area contributed by atoms with E-state index in [0.717, 1.165) is 0 Å². The van der Waals surface area contributed by atoms with E-state index in [0.29, 0.717) is 0 Å². The second-order valence-corrected chi connectivity index (χ2v) is 3.37. The Bertz CT molecular complexity index is 233. The molecule has 0 fully saturated rings. The molecule has 0 spiro atoms. The first-order valence-corrected chi connectivity index (χ1v) is 4.12. The summed E-state index contributed by atoms with van der Waals surface area (Å²) in [6.07, 6.45) is 0. The minimum Gasteiger partial charge on any atom is -0.202 e. The summed E-state index contributed by atoms with van der Waals surface area (Å²) in [6.45, 7) is 1.39. The Labute approximate surface area is 80.5 Å². The van der Waals surface area contributed by atoms with Gasteiger partial charge in [-0.1, -0.05) is 11.6 Å². The molecule has 1 aromatic carbocycles. The molecule has 1 rings (SSSR count). The van der Waals surface area contributed by atoms with Crippen molar-refractivity contribution in [1.82, 2.24) is 0 Å². The molecule has 0 saturated heterocycles. The summed E-state index contributed by atoms with van der Waals surface area (Å²) < 4.78 is 37.8. The Balaban J connectivity index is 3.60. The third-order valence-corrected chi connectivity index (χ3v) is 2.82. The highest BCUT2D eigenvalue weighted by Gasteiger charge is 2.19. The summed E-state index contributed by atoms with van der Waals surface area (Å²) >= 11 is 8.10. The first-order chi connectivity index (χ1) is 5.46. The van der Waals surface area contributed by atoms with Crippen LogP contribution in [0.3, 0.4) is 0 Å². The average Bonchev–Trinajstić information content (AvgIpc) is 2.08. The molecule has 0 nitrogen and oxygen atoms in total. The predicted octanol–water partition coefficient (Wildman–Crippen LogP) is 3.83. The molecule has 5 heteroatoms. The fourth-order valence-corrected chi connectivity index (χ4v) is 1.38. The fourth-order valence-electron chi connectivity index (χ4n) is 0.715. The second kappa shape index (κ2) is 3.26. The van der Waals surface area contributed by atoms with Crippen LogP contribution < -0.4 is 0 Å². The van der Waals surface area contributed by atoms with Crippen LogP contribution in [0.2, 0.25) is 5.02 Å². The summed E-state index contributed by atoms with van der Waals surface area (Å²) in [5.41, 5.74) is 0.146. The molecule has 0 radical (unpaired) electrons. The van der Waals surface area contributed by atoms with Crippen LogP contribution in [-0.2, 0) is 0 Å². The van der Waals surface area contributed by atoms with Gasteiger partial charge in [-0.3, -0.25) is 0 Å². The van der Waals surface area contributed by atoms with Crippen molar-refractivity contribution in [2.75, 3.05) is 0 Å². The third kappa shape index (κ3) is 1.33. The normalized spacial score (nSPS) is 10.5. The van der Waals surface area contributed by atoms with Gasteiger partial charge in [0.1, 0.15) is 0 Å². The topological polar surface area (TPSA) is 0 Å². The molecule has 0 saturated carbocycles. The fraction of sp³-hybridized carbons (Fsp3) is 0.143. The molecule has 0 aliphatic carbocycles. The van der Waals surface area contributed by atoms with Crippen LogP contribution in [0.15, 0.2) is 4.47 Å². The van der Waals surface area contributed by atoms with E-state index in [4.69, 9.17) is 11.6 Å². The van der Waals surface area contributed by atoms with Crippen LogP contribution >= 0.6 is 27.5 Å². The van der Waals surface area contributed by atoms with Gasteiger partial charge >= 0.3 is 0 Å². The first-order valence-electron chi connectivity index (χ1n) is 2.94. The lowest BCUT2D eigenvalue weighted by Gasteiger charge is -2.04. The van der Waals surface area contributed by atoms with Crippen LogP contribution in [0.1, 0.15) is 5.56 Å². The van der Waals surface area contributed by atoms with E-state index in [9.17, 15) is 13.2 Å². The molecule has 0 atom stereocenters. The van der Waals surface area contributed by atoms with Crippen molar-refractivity contribution in [2.45, 2.75) is 6.92 Å². The van der Waals surface area contributed by atoms with Gasteiger partial charge in [-0.05, 0) is 28.4 Å². The maximum absolute atomic E-state index is 12.7. The van der Waals surface area contributed by atoms with Gasteiger partial charge < -0.3 is 0 Å². The van der Waals surface area contributed by atoms with Crippen molar-refractivity contribution in [3.63, 3.8) is 0 Å². The molecule has 66 valence electrons. The Hall–Kier alpha value is -0.220. The monoisotopic (exact) mass is 258 g/mol. The van der Waals surface area contributed by atoms with Gasteiger partial charge in [-0.25, -0.2) is 13.2 Å². The summed E-state index contributed by atoms with van der Waals surface area (Å²) in [6, 6.07) is 0. The molecule has 0 aromatic heterocycles. The highest BCUT2D eigenvalue weighted by molar-refractivity contribution is 9.10. The molecule has 12 heavy (non-hydrogen) atoms. The lowest BCUT2D eigenvalue weighted by molar-refractivity contribution is 0.443. The molecule has 0 aliphatic rings. The lowest BCUT2D eigenvalue weighted by Crippen LogP contribution is -1.96. The molecular formula is C7H3BrClF3. The molecule has 0 unspecified atom stereocenters. The highest BCUT2D eigenvalue weighted by atomic mass is 79.9. The van der Waals surface area contributed by atoms with E-state index < -0.39 is 22.5 Å². The van der Waals surface area contributed by atoms with Gasteiger partial charge in [-0.2, -0.15) is 0 Å². The molecule has 0 amide bonds. The SMILES string of the molecule is Cc1c(Cl)c(F)c(F)c(F)c1Br. The van der Waals surface area contributed by atoms with E-state index in [2.05, 4.69) is 15.9 Å². The number of rotatable bonds is 0. The average molecular weight is 259 g/mol. The van der Waals surface area contributed by atoms with Crippen molar-refractivity contribution in [2.24, 2.45) is 0 Å². The van der Waals surface area contributed by atoms with Crippen molar-refractivity contribution in [1.29, 1.82) is 0 Å². The van der Waals surface area contributed by atoms with Crippen molar-refractivity contribution in [3.05, 3.63) is 32.5 Å². The Morgan fingerprint density at radius 1 is 1.08 bits per heavy atom. The van der Waals surface area contributed by atoms with Gasteiger partial charge in [0.05, 0.1) is 9.50 Å². The Morgan fingerprint density at radius 3 is 2.08 bits per heavy atom. The molecule has 1 aromatic rings. The molecule has 0 heterocycles. The van der Waals surface area contributed by atoms with Gasteiger partial charge in [-0.15, -0.1) is 0 Å². The predicted molar refractivity (Wildman–Crippen MR) is 43.8 cm³/mol. The first kappa shape index (κ1) is 9.86. The Morgan fingerprint density at radius 2 is 1.58 bits per heavy atom. The van der Waals surface area contributed by atoms with Gasteiger partial charge in [0.2, 0.25) is 0 Å².